The minimum atomic E-state index is 0.172. The van der Waals surface area contributed by atoms with E-state index >= 15 is 0 Å². The smallest absolute Gasteiger partial charge is 0.0741 e. The third-order valence-electron chi connectivity index (χ3n) is 2.22. The second kappa shape index (κ2) is 9.01. The van der Waals surface area contributed by atoms with Crippen molar-refractivity contribution in [2.75, 3.05) is 6.61 Å². The van der Waals surface area contributed by atoms with Crippen LogP contribution in [-0.2, 0) is 4.74 Å². The molecule has 0 aliphatic heterocycles. The molecular weight excluding hydrogens is 176 g/mol. The summed E-state index contributed by atoms with van der Waals surface area (Å²) in [5, 5.41) is 0. The van der Waals surface area contributed by atoms with Crippen molar-refractivity contribution in [3.63, 3.8) is 0 Å². The standard InChI is InChI=1S/C11H22N2O/c1-4-7-9-10(13-12)11(8-5-2)14-6-3/h1,10-11,13H,5-9,12H2,2-3H3. The molecule has 0 spiro atoms. The Labute approximate surface area is 87.4 Å². The molecule has 2 unspecified atom stereocenters. The molecule has 0 aliphatic rings. The van der Waals surface area contributed by atoms with Crippen molar-refractivity contribution in [2.24, 2.45) is 5.84 Å². The second-order valence-electron chi connectivity index (χ2n) is 3.30. The van der Waals surface area contributed by atoms with Gasteiger partial charge < -0.3 is 4.74 Å². The van der Waals surface area contributed by atoms with Gasteiger partial charge in [-0.25, -0.2) is 0 Å². The van der Waals surface area contributed by atoms with Crippen LogP contribution in [0.2, 0.25) is 0 Å². The Morgan fingerprint density at radius 1 is 1.43 bits per heavy atom. The molecule has 3 heteroatoms. The Hall–Kier alpha value is -0.560. The van der Waals surface area contributed by atoms with Crippen molar-refractivity contribution in [1.29, 1.82) is 0 Å². The first-order chi connectivity index (χ1) is 6.79. The first kappa shape index (κ1) is 13.4. The zero-order chi connectivity index (χ0) is 10.8. The predicted octanol–water partition coefficient (Wildman–Crippen LogP) is 1.44. The molecule has 0 saturated carbocycles. The SMILES string of the molecule is C#CCCC(NN)C(CCC)OCC. The molecule has 0 aromatic rings. The molecular formula is C11H22N2O. The van der Waals surface area contributed by atoms with Gasteiger partial charge in [-0.3, -0.25) is 11.3 Å². The lowest BCUT2D eigenvalue weighted by Gasteiger charge is -2.25. The molecule has 2 atom stereocenters. The van der Waals surface area contributed by atoms with Crippen LogP contribution in [0, 0.1) is 12.3 Å². The van der Waals surface area contributed by atoms with Gasteiger partial charge in [0.1, 0.15) is 0 Å². The Kier molecular flexibility index (Phi) is 8.65. The van der Waals surface area contributed by atoms with E-state index in [4.69, 9.17) is 17.0 Å². The highest BCUT2D eigenvalue weighted by atomic mass is 16.5. The molecule has 0 aromatic carbocycles. The number of nitrogens with one attached hydrogen (secondary N) is 1. The fourth-order valence-electron chi connectivity index (χ4n) is 1.51. The largest absolute Gasteiger partial charge is 0.377 e. The van der Waals surface area contributed by atoms with E-state index in [1.165, 1.54) is 0 Å². The average molecular weight is 198 g/mol. The summed E-state index contributed by atoms with van der Waals surface area (Å²) in [4.78, 5) is 0. The molecule has 14 heavy (non-hydrogen) atoms. The van der Waals surface area contributed by atoms with Crippen molar-refractivity contribution in [3.8, 4) is 12.3 Å². The van der Waals surface area contributed by atoms with Crippen LogP contribution in [0.1, 0.15) is 39.5 Å². The fourth-order valence-corrected chi connectivity index (χ4v) is 1.51. The van der Waals surface area contributed by atoms with Gasteiger partial charge in [0, 0.05) is 19.1 Å². The summed E-state index contributed by atoms with van der Waals surface area (Å²) in [6.07, 6.45) is 9.13. The molecule has 0 rings (SSSR count). The van der Waals surface area contributed by atoms with Gasteiger partial charge in [-0.2, -0.15) is 0 Å². The first-order valence-corrected chi connectivity index (χ1v) is 5.31. The van der Waals surface area contributed by atoms with Gasteiger partial charge in [0.15, 0.2) is 0 Å². The van der Waals surface area contributed by atoms with E-state index in [0.717, 1.165) is 32.3 Å². The minimum Gasteiger partial charge on any atom is -0.377 e. The highest BCUT2D eigenvalue weighted by Gasteiger charge is 2.18. The van der Waals surface area contributed by atoms with Crippen LogP contribution in [0.4, 0.5) is 0 Å². The number of hydrogen-bond donors (Lipinski definition) is 2. The van der Waals surface area contributed by atoms with Crippen LogP contribution in [0.5, 0.6) is 0 Å². The molecule has 3 nitrogen and oxygen atoms in total. The van der Waals surface area contributed by atoms with E-state index in [1.54, 1.807) is 0 Å². The molecule has 0 aliphatic carbocycles. The molecule has 0 heterocycles. The van der Waals surface area contributed by atoms with Crippen molar-refractivity contribution >= 4 is 0 Å². The maximum atomic E-state index is 5.62. The summed E-state index contributed by atoms with van der Waals surface area (Å²) in [5.41, 5.74) is 2.79. The number of hydrogen-bond acceptors (Lipinski definition) is 3. The highest BCUT2D eigenvalue weighted by molar-refractivity contribution is 4.87. The van der Waals surface area contributed by atoms with Crippen molar-refractivity contribution in [1.82, 2.24) is 5.43 Å². The number of ether oxygens (including phenoxy) is 1. The average Bonchev–Trinajstić information content (AvgIpc) is 2.19. The lowest BCUT2D eigenvalue weighted by atomic mass is 10.0. The summed E-state index contributed by atoms with van der Waals surface area (Å²) in [6, 6.07) is 0.172. The third kappa shape index (κ3) is 5.23. The highest BCUT2D eigenvalue weighted by Crippen LogP contribution is 2.11. The van der Waals surface area contributed by atoms with Gasteiger partial charge in [-0.1, -0.05) is 13.3 Å². The molecule has 0 aromatic heterocycles. The third-order valence-corrected chi connectivity index (χ3v) is 2.22. The monoisotopic (exact) mass is 198 g/mol. The van der Waals surface area contributed by atoms with Crippen molar-refractivity contribution in [2.45, 2.75) is 51.7 Å². The van der Waals surface area contributed by atoms with Gasteiger partial charge >= 0.3 is 0 Å². The molecule has 0 bridgehead atoms. The van der Waals surface area contributed by atoms with Crippen LogP contribution < -0.4 is 11.3 Å². The van der Waals surface area contributed by atoms with E-state index in [1.807, 2.05) is 6.92 Å². The fraction of sp³-hybridized carbons (Fsp3) is 0.818. The topological polar surface area (TPSA) is 47.3 Å². The van der Waals surface area contributed by atoms with Gasteiger partial charge in [0.05, 0.1) is 6.10 Å². The number of rotatable bonds is 8. The zero-order valence-electron chi connectivity index (χ0n) is 9.25. The van der Waals surface area contributed by atoms with Crippen LogP contribution in [-0.4, -0.2) is 18.8 Å². The number of hydrazine groups is 1. The Bertz CT molecular complexity index is 159. The lowest BCUT2D eigenvalue weighted by molar-refractivity contribution is 0.0263. The van der Waals surface area contributed by atoms with Crippen molar-refractivity contribution in [3.05, 3.63) is 0 Å². The van der Waals surface area contributed by atoms with Gasteiger partial charge in [0.25, 0.3) is 0 Å². The van der Waals surface area contributed by atoms with Crippen LogP contribution in [0.3, 0.4) is 0 Å². The van der Waals surface area contributed by atoms with Crippen LogP contribution in [0.15, 0.2) is 0 Å². The van der Waals surface area contributed by atoms with E-state index in [-0.39, 0.29) is 12.1 Å². The molecule has 82 valence electrons. The van der Waals surface area contributed by atoms with E-state index in [0.29, 0.717) is 0 Å². The van der Waals surface area contributed by atoms with Gasteiger partial charge in [-0.15, -0.1) is 12.3 Å². The zero-order valence-corrected chi connectivity index (χ0v) is 9.25. The van der Waals surface area contributed by atoms with Gasteiger partial charge in [0.2, 0.25) is 0 Å². The number of terminal acetylenes is 1. The maximum absolute atomic E-state index is 5.62. The molecule has 3 N–H and O–H groups in total. The minimum absolute atomic E-state index is 0.172. The Morgan fingerprint density at radius 2 is 2.14 bits per heavy atom. The second-order valence-corrected chi connectivity index (χ2v) is 3.30. The summed E-state index contributed by atoms with van der Waals surface area (Å²) < 4.78 is 5.62. The van der Waals surface area contributed by atoms with Crippen molar-refractivity contribution < 1.29 is 4.74 Å². The maximum Gasteiger partial charge on any atom is 0.0741 e. The molecule has 0 amide bonds. The normalized spacial score (nSPS) is 14.7. The summed E-state index contributed by atoms with van der Waals surface area (Å²) in [7, 11) is 0. The van der Waals surface area contributed by atoms with E-state index in [9.17, 15) is 0 Å². The summed E-state index contributed by atoms with van der Waals surface area (Å²) in [6.45, 7) is 4.86. The van der Waals surface area contributed by atoms with E-state index < -0.39 is 0 Å². The van der Waals surface area contributed by atoms with Gasteiger partial charge in [-0.05, 0) is 19.8 Å². The predicted molar refractivity (Wildman–Crippen MR) is 59.5 cm³/mol. The first-order valence-electron chi connectivity index (χ1n) is 5.31. The molecule has 0 radical (unpaired) electrons. The van der Waals surface area contributed by atoms with Crippen LogP contribution >= 0.6 is 0 Å². The summed E-state index contributed by atoms with van der Waals surface area (Å²) >= 11 is 0. The molecule has 0 fully saturated rings. The quantitative estimate of drug-likeness (QED) is 0.352. The van der Waals surface area contributed by atoms with Crippen LogP contribution in [0.25, 0.3) is 0 Å². The molecule has 0 saturated heterocycles. The lowest BCUT2D eigenvalue weighted by Crippen LogP contribution is -2.45. The summed E-state index contributed by atoms with van der Waals surface area (Å²) in [5.74, 6) is 8.10. The van der Waals surface area contributed by atoms with E-state index in [2.05, 4.69) is 18.3 Å². The Balaban J connectivity index is 4.04. The Morgan fingerprint density at radius 3 is 2.57 bits per heavy atom. The number of nitrogens with two attached hydrogens (primary N) is 1.